The van der Waals surface area contributed by atoms with E-state index in [0.717, 1.165) is 18.6 Å². The van der Waals surface area contributed by atoms with Crippen LogP contribution < -0.4 is 0 Å². The molecule has 94 valence electrons. The molecule has 0 aromatic carbocycles. The zero-order valence-electron chi connectivity index (χ0n) is 9.90. The van der Waals surface area contributed by atoms with Crippen LogP contribution in [0, 0.1) is 0 Å². The number of nitrogens with zero attached hydrogens (tertiary/aromatic N) is 1. The highest BCUT2D eigenvalue weighted by atomic mass is 35.5. The quantitative estimate of drug-likeness (QED) is 0.775. The van der Waals surface area contributed by atoms with Crippen molar-refractivity contribution in [2.75, 3.05) is 5.88 Å². The van der Waals surface area contributed by atoms with Crippen LogP contribution in [0.15, 0.2) is 22.8 Å². The molecule has 0 N–H and O–H groups in total. The van der Waals surface area contributed by atoms with Gasteiger partial charge in [-0.3, -0.25) is 4.79 Å². The first kappa shape index (κ1) is 12.5. The normalized spacial score (nSPS) is 17.0. The van der Waals surface area contributed by atoms with Crippen molar-refractivity contribution >= 4 is 17.5 Å². The zero-order chi connectivity index (χ0) is 12.1. The highest BCUT2D eigenvalue weighted by Gasteiger charge is 2.25. The van der Waals surface area contributed by atoms with E-state index in [1.807, 2.05) is 17.0 Å². The molecule has 1 fully saturated rings. The Morgan fingerprint density at radius 2 is 2.18 bits per heavy atom. The highest BCUT2D eigenvalue weighted by molar-refractivity contribution is 6.27. The first-order valence-electron chi connectivity index (χ1n) is 6.19. The molecule has 4 heteroatoms. The first-order chi connectivity index (χ1) is 8.31. The monoisotopic (exact) mass is 255 g/mol. The number of hydrogen-bond donors (Lipinski definition) is 0. The van der Waals surface area contributed by atoms with E-state index in [1.54, 1.807) is 6.26 Å². The van der Waals surface area contributed by atoms with Crippen molar-refractivity contribution in [2.45, 2.75) is 44.7 Å². The van der Waals surface area contributed by atoms with Crippen molar-refractivity contribution in [2.24, 2.45) is 0 Å². The molecule has 0 radical (unpaired) electrons. The Hall–Kier alpha value is -0.960. The Morgan fingerprint density at radius 1 is 1.41 bits per heavy atom. The van der Waals surface area contributed by atoms with Gasteiger partial charge in [0.05, 0.1) is 12.8 Å². The van der Waals surface area contributed by atoms with E-state index in [9.17, 15) is 4.79 Å². The smallest absolute Gasteiger partial charge is 0.238 e. The summed E-state index contributed by atoms with van der Waals surface area (Å²) in [6.45, 7) is 0.545. The van der Waals surface area contributed by atoms with Crippen LogP contribution in [-0.4, -0.2) is 22.7 Å². The molecule has 2 rings (SSSR count). The minimum Gasteiger partial charge on any atom is -0.467 e. The van der Waals surface area contributed by atoms with Crippen LogP contribution in [0.2, 0.25) is 0 Å². The van der Waals surface area contributed by atoms with Crippen molar-refractivity contribution in [3.8, 4) is 0 Å². The fourth-order valence-electron chi connectivity index (χ4n) is 2.46. The molecule has 0 aliphatic heterocycles. The summed E-state index contributed by atoms with van der Waals surface area (Å²) in [6, 6.07) is 4.08. The maximum atomic E-state index is 11.9. The lowest BCUT2D eigenvalue weighted by Crippen LogP contribution is -2.41. The van der Waals surface area contributed by atoms with E-state index in [-0.39, 0.29) is 11.8 Å². The van der Waals surface area contributed by atoms with E-state index in [1.165, 1.54) is 19.3 Å². The van der Waals surface area contributed by atoms with E-state index in [4.69, 9.17) is 16.0 Å². The van der Waals surface area contributed by atoms with Gasteiger partial charge in [0.25, 0.3) is 0 Å². The molecule has 0 bridgehead atoms. The number of rotatable bonds is 4. The SMILES string of the molecule is O=C(CCl)N(Cc1ccco1)C1CCCCC1. The third kappa shape index (κ3) is 3.25. The summed E-state index contributed by atoms with van der Waals surface area (Å²) in [6.07, 6.45) is 7.50. The van der Waals surface area contributed by atoms with Gasteiger partial charge >= 0.3 is 0 Å². The van der Waals surface area contributed by atoms with Gasteiger partial charge in [-0.05, 0) is 25.0 Å². The topological polar surface area (TPSA) is 33.5 Å². The summed E-state index contributed by atoms with van der Waals surface area (Å²) in [7, 11) is 0. The Balaban J connectivity index is 2.04. The Morgan fingerprint density at radius 3 is 2.76 bits per heavy atom. The third-order valence-electron chi connectivity index (χ3n) is 3.36. The van der Waals surface area contributed by atoms with Crippen LogP contribution >= 0.6 is 11.6 Å². The van der Waals surface area contributed by atoms with Crippen LogP contribution in [0.5, 0.6) is 0 Å². The predicted molar refractivity (Wildman–Crippen MR) is 66.9 cm³/mol. The van der Waals surface area contributed by atoms with Crippen molar-refractivity contribution < 1.29 is 9.21 Å². The summed E-state index contributed by atoms with van der Waals surface area (Å²) in [5, 5.41) is 0. The average Bonchev–Trinajstić information content (AvgIpc) is 2.89. The number of amides is 1. The van der Waals surface area contributed by atoms with Gasteiger partial charge in [0.2, 0.25) is 5.91 Å². The third-order valence-corrected chi connectivity index (χ3v) is 3.59. The lowest BCUT2D eigenvalue weighted by atomic mass is 9.94. The van der Waals surface area contributed by atoms with Crippen molar-refractivity contribution in [1.29, 1.82) is 0 Å². The number of carbonyl (C=O) groups is 1. The van der Waals surface area contributed by atoms with Gasteiger partial charge in [0, 0.05) is 6.04 Å². The number of hydrogen-bond acceptors (Lipinski definition) is 2. The minimum absolute atomic E-state index is 0.00923. The minimum atomic E-state index is 0.00923. The number of carbonyl (C=O) groups excluding carboxylic acids is 1. The highest BCUT2D eigenvalue weighted by Crippen LogP contribution is 2.24. The van der Waals surface area contributed by atoms with Gasteiger partial charge in [-0.2, -0.15) is 0 Å². The summed E-state index contributed by atoms with van der Waals surface area (Å²) < 4.78 is 5.31. The maximum absolute atomic E-state index is 11.9. The van der Waals surface area contributed by atoms with Gasteiger partial charge in [0.1, 0.15) is 11.6 Å². The van der Waals surface area contributed by atoms with Gasteiger partial charge in [-0.25, -0.2) is 0 Å². The Labute approximate surface area is 107 Å². The molecule has 1 aromatic heterocycles. The average molecular weight is 256 g/mol. The van der Waals surface area contributed by atoms with Gasteiger partial charge in [-0.1, -0.05) is 19.3 Å². The second-order valence-electron chi connectivity index (χ2n) is 4.53. The van der Waals surface area contributed by atoms with Crippen LogP contribution in [0.25, 0.3) is 0 Å². The molecule has 1 aromatic rings. The number of furan rings is 1. The second-order valence-corrected chi connectivity index (χ2v) is 4.79. The van der Waals surface area contributed by atoms with Crippen LogP contribution in [0.4, 0.5) is 0 Å². The molecule has 0 atom stereocenters. The van der Waals surface area contributed by atoms with Gasteiger partial charge in [-0.15, -0.1) is 11.6 Å². The summed E-state index contributed by atoms with van der Waals surface area (Å²) in [5.74, 6) is 0.890. The molecule has 1 heterocycles. The number of alkyl halides is 1. The fourth-order valence-corrected chi connectivity index (χ4v) is 2.61. The fraction of sp³-hybridized carbons (Fsp3) is 0.615. The molecule has 1 aliphatic carbocycles. The Bertz CT molecular complexity index is 344. The molecule has 1 amide bonds. The van der Waals surface area contributed by atoms with E-state index >= 15 is 0 Å². The van der Waals surface area contributed by atoms with E-state index in [0.29, 0.717) is 12.6 Å². The number of halogens is 1. The predicted octanol–water partition coefficient (Wildman–Crippen LogP) is 3.18. The van der Waals surface area contributed by atoms with Crippen LogP contribution in [0.1, 0.15) is 37.9 Å². The molecule has 1 aliphatic rings. The lowest BCUT2D eigenvalue weighted by Gasteiger charge is -2.33. The molecular weight excluding hydrogens is 238 g/mol. The summed E-state index contributed by atoms with van der Waals surface area (Å²) in [5.41, 5.74) is 0. The van der Waals surface area contributed by atoms with Gasteiger partial charge < -0.3 is 9.32 Å². The Kier molecular flexibility index (Phi) is 4.49. The van der Waals surface area contributed by atoms with Gasteiger partial charge in [0.15, 0.2) is 0 Å². The molecule has 3 nitrogen and oxygen atoms in total. The first-order valence-corrected chi connectivity index (χ1v) is 6.72. The second kappa shape index (κ2) is 6.10. The van der Waals surface area contributed by atoms with Crippen molar-refractivity contribution in [1.82, 2.24) is 4.90 Å². The molecule has 0 spiro atoms. The molecule has 0 unspecified atom stereocenters. The molecular formula is C13H18ClNO2. The zero-order valence-corrected chi connectivity index (χ0v) is 10.7. The van der Waals surface area contributed by atoms with Crippen molar-refractivity contribution in [3.05, 3.63) is 24.2 Å². The molecule has 1 saturated carbocycles. The largest absolute Gasteiger partial charge is 0.467 e. The van der Waals surface area contributed by atoms with Crippen LogP contribution in [-0.2, 0) is 11.3 Å². The van der Waals surface area contributed by atoms with Crippen molar-refractivity contribution in [3.63, 3.8) is 0 Å². The molecule has 0 saturated heterocycles. The summed E-state index contributed by atoms with van der Waals surface area (Å²) >= 11 is 5.68. The van der Waals surface area contributed by atoms with E-state index in [2.05, 4.69) is 0 Å². The molecule has 17 heavy (non-hydrogen) atoms. The maximum Gasteiger partial charge on any atom is 0.238 e. The standard InChI is InChI=1S/C13H18ClNO2/c14-9-13(16)15(10-12-7-4-8-17-12)11-5-2-1-3-6-11/h4,7-8,11H,1-3,5-6,9-10H2. The van der Waals surface area contributed by atoms with E-state index < -0.39 is 0 Å². The lowest BCUT2D eigenvalue weighted by molar-refractivity contribution is -0.132. The summed E-state index contributed by atoms with van der Waals surface area (Å²) in [4.78, 5) is 13.8. The van der Waals surface area contributed by atoms with Crippen LogP contribution in [0.3, 0.4) is 0 Å².